The number of hydrogen-bond donors (Lipinski definition) is 2. The molecule has 1 aliphatic heterocycles. The summed E-state index contributed by atoms with van der Waals surface area (Å²) in [6, 6.07) is 16.2. The van der Waals surface area contributed by atoms with E-state index in [2.05, 4.69) is 17.6 Å². The Kier molecular flexibility index (Phi) is 6.00. The number of nitrogens with one attached hydrogen (secondary N) is 2. The zero-order valence-electron chi connectivity index (χ0n) is 15.3. The first-order valence-corrected chi connectivity index (χ1v) is 9.11. The molecule has 2 atom stereocenters. The zero-order valence-corrected chi connectivity index (χ0v) is 15.3. The fourth-order valence-corrected chi connectivity index (χ4v) is 3.27. The van der Waals surface area contributed by atoms with E-state index in [1.165, 1.54) is 0 Å². The lowest BCUT2D eigenvalue weighted by molar-refractivity contribution is 0.142. The number of rotatable bonds is 6. The van der Waals surface area contributed by atoms with Gasteiger partial charge in [0.25, 0.3) is 0 Å². The van der Waals surface area contributed by atoms with Gasteiger partial charge >= 0.3 is 6.09 Å². The van der Waals surface area contributed by atoms with Crippen molar-refractivity contribution in [3.8, 4) is 5.75 Å². The second-order valence-electron chi connectivity index (χ2n) is 6.51. The standard InChI is InChI=1S/C21H26N2O3/c1-3-16-13-20(18-14-17(25-2)9-10-19(18)22-16)23-21(24)26-12-11-15-7-5-4-6-8-15/h4-10,14,16,20,22H,3,11-13H2,1-2H3,(H,23,24)/t16-,20+/m1/s1. The Labute approximate surface area is 154 Å². The Bertz CT molecular complexity index is 733. The smallest absolute Gasteiger partial charge is 0.407 e. The fraction of sp³-hybridized carbons (Fsp3) is 0.381. The number of carbonyl (C=O) groups is 1. The van der Waals surface area contributed by atoms with Crippen LogP contribution in [-0.4, -0.2) is 25.9 Å². The van der Waals surface area contributed by atoms with E-state index in [9.17, 15) is 4.79 Å². The van der Waals surface area contributed by atoms with E-state index < -0.39 is 0 Å². The quantitative estimate of drug-likeness (QED) is 0.812. The van der Waals surface area contributed by atoms with Crippen molar-refractivity contribution in [1.29, 1.82) is 0 Å². The van der Waals surface area contributed by atoms with E-state index in [0.29, 0.717) is 19.1 Å². The molecule has 1 amide bonds. The minimum atomic E-state index is -0.378. The van der Waals surface area contributed by atoms with Gasteiger partial charge in [-0.15, -0.1) is 0 Å². The summed E-state index contributed by atoms with van der Waals surface area (Å²) in [5.41, 5.74) is 3.23. The van der Waals surface area contributed by atoms with Gasteiger partial charge in [0, 0.05) is 23.7 Å². The molecule has 1 heterocycles. The van der Waals surface area contributed by atoms with Gasteiger partial charge in [-0.1, -0.05) is 37.3 Å². The van der Waals surface area contributed by atoms with E-state index in [4.69, 9.17) is 9.47 Å². The predicted octanol–water partition coefficient (Wildman–Crippen LogP) is 4.30. The predicted molar refractivity (Wildman–Crippen MR) is 103 cm³/mol. The van der Waals surface area contributed by atoms with Crippen LogP contribution < -0.4 is 15.4 Å². The van der Waals surface area contributed by atoms with Crippen molar-refractivity contribution in [2.24, 2.45) is 0 Å². The van der Waals surface area contributed by atoms with Gasteiger partial charge in [0.15, 0.2) is 0 Å². The summed E-state index contributed by atoms with van der Waals surface area (Å²) in [5, 5.41) is 6.54. The number of hydrogen-bond acceptors (Lipinski definition) is 4. The number of carbonyl (C=O) groups excluding carboxylic acids is 1. The SMILES string of the molecule is CC[C@@H]1C[C@H](NC(=O)OCCc2ccccc2)c2cc(OC)ccc2N1. The first-order valence-electron chi connectivity index (χ1n) is 9.11. The monoisotopic (exact) mass is 354 g/mol. The molecule has 0 unspecified atom stereocenters. The lowest BCUT2D eigenvalue weighted by Gasteiger charge is -2.33. The first-order chi connectivity index (χ1) is 12.7. The molecule has 5 heteroatoms. The van der Waals surface area contributed by atoms with Crippen LogP contribution in [0.1, 0.15) is 36.9 Å². The van der Waals surface area contributed by atoms with Crippen LogP contribution in [0.4, 0.5) is 10.5 Å². The normalized spacial score (nSPS) is 18.4. The molecule has 0 fully saturated rings. The van der Waals surface area contributed by atoms with Gasteiger partial charge in [0.1, 0.15) is 5.75 Å². The van der Waals surface area contributed by atoms with E-state index in [0.717, 1.165) is 35.4 Å². The van der Waals surface area contributed by atoms with Crippen molar-refractivity contribution in [1.82, 2.24) is 5.32 Å². The molecule has 2 aromatic carbocycles. The van der Waals surface area contributed by atoms with Crippen LogP contribution in [-0.2, 0) is 11.2 Å². The third-order valence-corrected chi connectivity index (χ3v) is 4.77. The van der Waals surface area contributed by atoms with Crippen LogP contribution in [0.15, 0.2) is 48.5 Å². The van der Waals surface area contributed by atoms with E-state index >= 15 is 0 Å². The summed E-state index contributed by atoms with van der Waals surface area (Å²) >= 11 is 0. The van der Waals surface area contributed by atoms with Crippen LogP contribution in [0.25, 0.3) is 0 Å². The van der Waals surface area contributed by atoms with Crippen molar-refractivity contribution in [3.63, 3.8) is 0 Å². The van der Waals surface area contributed by atoms with Crippen molar-refractivity contribution in [2.75, 3.05) is 19.0 Å². The summed E-state index contributed by atoms with van der Waals surface area (Å²) < 4.78 is 10.7. The Morgan fingerprint density at radius 1 is 1.23 bits per heavy atom. The van der Waals surface area contributed by atoms with Gasteiger partial charge in [-0.2, -0.15) is 0 Å². The minimum absolute atomic E-state index is 0.0875. The van der Waals surface area contributed by atoms with Gasteiger partial charge in [0.2, 0.25) is 0 Å². The molecule has 0 saturated carbocycles. The van der Waals surface area contributed by atoms with Crippen LogP contribution >= 0.6 is 0 Å². The number of amides is 1. The topological polar surface area (TPSA) is 59.6 Å². The molecular formula is C21H26N2O3. The van der Waals surface area contributed by atoms with Crippen molar-refractivity contribution in [3.05, 3.63) is 59.7 Å². The molecule has 1 aliphatic rings. The number of alkyl carbamates (subject to hydrolysis) is 1. The van der Waals surface area contributed by atoms with Gasteiger partial charge in [-0.3, -0.25) is 0 Å². The number of fused-ring (bicyclic) bond motifs is 1. The molecular weight excluding hydrogens is 328 g/mol. The molecule has 5 nitrogen and oxygen atoms in total. The number of anilines is 1. The average molecular weight is 354 g/mol. The van der Waals surface area contributed by atoms with E-state index in [1.54, 1.807) is 7.11 Å². The highest BCUT2D eigenvalue weighted by molar-refractivity contribution is 5.69. The van der Waals surface area contributed by atoms with Gasteiger partial charge in [-0.05, 0) is 36.6 Å². The maximum absolute atomic E-state index is 12.3. The molecule has 3 rings (SSSR count). The van der Waals surface area contributed by atoms with Crippen LogP contribution in [0.3, 0.4) is 0 Å². The van der Waals surface area contributed by atoms with Crippen LogP contribution in [0.2, 0.25) is 0 Å². The molecule has 0 bridgehead atoms. The van der Waals surface area contributed by atoms with Gasteiger partial charge in [-0.25, -0.2) is 4.79 Å². The Morgan fingerprint density at radius 2 is 2.04 bits per heavy atom. The van der Waals surface area contributed by atoms with Crippen molar-refractivity contribution < 1.29 is 14.3 Å². The number of benzene rings is 2. The van der Waals surface area contributed by atoms with Crippen molar-refractivity contribution in [2.45, 2.75) is 38.3 Å². The van der Waals surface area contributed by atoms with Crippen molar-refractivity contribution >= 4 is 11.8 Å². The highest BCUT2D eigenvalue weighted by atomic mass is 16.5. The van der Waals surface area contributed by atoms with E-state index in [1.807, 2.05) is 48.5 Å². The summed E-state index contributed by atoms with van der Waals surface area (Å²) in [5.74, 6) is 0.782. The maximum atomic E-state index is 12.3. The third-order valence-electron chi connectivity index (χ3n) is 4.77. The lowest BCUT2D eigenvalue weighted by Crippen LogP contribution is -2.37. The Hall–Kier alpha value is -2.69. The van der Waals surface area contributed by atoms with Gasteiger partial charge < -0.3 is 20.1 Å². The van der Waals surface area contributed by atoms with Gasteiger partial charge in [0.05, 0.1) is 19.8 Å². The maximum Gasteiger partial charge on any atom is 0.407 e. The molecule has 0 aliphatic carbocycles. The highest BCUT2D eigenvalue weighted by Gasteiger charge is 2.27. The fourth-order valence-electron chi connectivity index (χ4n) is 3.27. The molecule has 2 aromatic rings. The number of methoxy groups -OCH3 is 1. The summed E-state index contributed by atoms with van der Waals surface area (Å²) in [6.07, 6.45) is 2.15. The summed E-state index contributed by atoms with van der Waals surface area (Å²) in [6.45, 7) is 2.50. The zero-order chi connectivity index (χ0) is 18.4. The molecule has 2 N–H and O–H groups in total. The largest absolute Gasteiger partial charge is 0.497 e. The average Bonchev–Trinajstić information content (AvgIpc) is 2.68. The molecule has 26 heavy (non-hydrogen) atoms. The van der Waals surface area contributed by atoms with Crippen LogP contribution in [0, 0.1) is 0 Å². The third kappa shape index (κ3) is 4.48. The molecule has 138 valence electrons. The Morgan fingerprint density at radius 3 is 2.77 bits per heavy atom. The second kappa shape index (κ2) is 8.61. The van der Waals surface area contributed by atoms with E-state index in [-0.39, 0.29) is 12.1 Å². The number of ether oxygens (including phenoxy) is 2. The van der Waals surface area contributed by atoms with Crippen LogP contribution in [0.5, 0.6) is 5.75 Å². The molecule has 0 aromatic heterocycles. The Balaban J connectivity index is 1.61. The molecule has 0 radical (unpaired) electrons. The minimum Gasteiger partial charge on any atom is -0.497 e. The lowest BCUT2D eigenvalue weighted by atomic mass is 9.91. The molecule has 0 spiro atoms. The summed E-state index contributed by atoms with van der Waals surface area (Å²) in [4.78, 5) is 12.3. The highest BCUT2D eigenvalue weighted by Crippen LogP contribution is 2.36. The summed E-state index contributed by atoms with van der Waals surface area (Å²) in [7, 11) is 1.65. The second-order valence-corrected chi connectivity index (χ2v) is 6.51. The molecule has 0 saturated heterocycles. The first kappa shape index (κ1) is 18.1.